The molecule has 2 aromatic carbocycles. The zero-order valence-electron chi connectivity index (χ0n) is 17.2. The molecule has 0 fully saturated rings. The molecule has 0 aliphatic carbocycles. The van der Waals surface area contributed by atoms with Crippen molar-refractivity contribution in [3.8, 4) is 0 Å². The van der Waals surface area contributed by atoms with Crippen molar-refractivity contribution in [3.63, 3.8) is 0 Å². The van der Waals surface area contributed by atoms with Crippen LogP contribution in [-0.2, 0) is 0 Å². The number of aliphatic hydroxyl groups excluding tert-OH is 1. The summed E-state index contributed by atoms with van der Waals surface area (Å²) in [6.45, 7) is 8.50. The Balaban J connectivity index is 0. The fourth-order valence-electron chi connectivity index (χ4n) is 3.03. The highest BCUT2D eigenvalue weighted by atomic mass is 19.1. The van der Waals surface area contributed by atoms with Gasteiger partial charge in [0, 0.05) is 34.0 Å². The molecular weight excluding hydrogens is 405 g/mol. The van der Waals surface area contributed by atoms with Crippen molar-refractivity contribution in [3.05, 3.63) is 72.6 Å². The highest BCUT2D eigenvalue weighted by molar-refractivity contribution is 5.58. The zero-order chi connectivity index (χ0) is 22.3. The molecular formula is C22H34FN3O5. The molecule has 0 heterocycles. The van der Waals surface area contributed by atoms with Gasteiger partial charge in [-0.05, 0) is 58.4 Å². The Bertz CT molecular complexity index is 853. The second-order valence-electron chi connectivity index (χ2n) is 6.79. The number of halogens is 1. The number of hydrogen-bond donors (Lipinski definition) is 2. The van der Waals surface area contributed by atoms with Gasteiger partial charge >= 0.3 is 0 Å². The number of benzene rings is 2. The van der Waals surface area contributed by atoms with Gasteiger partial charge < -0.3 is 10.4 Å². The van der Waals surface area contributed by atoms with E-state index in [4.69, 9.17) is 5.11 Å². The normalized spacial score (nSPS) is 10.5. The first-order valence-corrected chi connectivity index (χ1v) is 9.05. The second kappa shape index (κ2) is 13.3. The van der Waals surface area contributed by atoms with Crippen molar-refractivity contribution in [1.82, 2.24) is 0 Å². The van der Waals surface area contributed by atoms with E-state index in [9.17, 15) is 24.6 Å². The first-order chi connectivity index (χ1) is 13.5. The van der Waals surface area contributed by atoms with Gasteiger partial charge in [-0.3, -0.25) is 20.2 Å². The molecule has 9 heteroatoms. The molecule has 0 aliphatic heterocycles. The van der Waals surface area contributed by atoms with Gasteiger partial charge in [0.05, 0.1) is 16.5 Å². The summed E-state index contributed by atoms with van der Waals surface area (Å²) in [6.07, 6.45) is 0.797. The van der Waals surface area contributed by atoms with Crippen LogP contribution in [-0.4, -0.2) is 27.6 Å². The highest BCUT2D eigenvalue weighted by Crippen LogP contribution is 2.27. The minimum atomic E-state index is -0.496. The lowest BCUT2D eigenvalue weighted by Crippen LogP contribution is -2.22. The molecule has 174 valence electrons. The Morgan fingerprint density at radius 1 is 0.903 bits per heavy atom. The van der Waals surface area contributed by atoms with Crippen molar-refractivity contribution in [1.29, 1.82) is 0 Å². The lowest BCUT2D eigenvalue weighted by Gasteiger charge is -2.16. The third-order valence-corrected chi connectivity index (χ3v) is 4.40. The van der Waals surface area contributed by atoms with Crippen LogP contribution in [0.15, 0.2) is 24.3 Å². The molecule has 0 radical (unpaired) electrons. The van der Waals surface area contributed by atoms with Crippen LogP contribution in [0.5, 0.6) is 0 Å². The number of nitro groups is 2. The van der Waals surface area contributed by atoms with Crippen LogP contribution in [0.4, 0.5) is 21.5 Å². The molecule has 31 heavy (non-hydrogen) atoms. The van der Waals surface area contributed by atoms with Gasteiger partial charge in [0.1, 0.15) is 5.82 Å². The summed E-state index contributed by atoms with van der Waals surface area (Å²) in [6, 6.07) is 5.78. The third-order valence-electron chi connectivity index (χ3n) is 4.40. The topological polar surface area (TPSA) is 119 Å². The number of aliphatic hydroxyl groups is 1. The van der Waals surface area contributed by atoms with Gasteiger partial charge in [-0.15, -0.1) is 0 Å². The first-order valence-electron chi connectivity index (χ1n) is 9.05. The maximum atomic E-state index is 12.6. The zero-order valence-corrected chi connectivity index (χ0v) is 17.2. The summed E-state index contributed by atoms with van der Waals surface area (Å²) < 4.78 is 12.6. The first kappa shape index (κ1) is 30.1. The third kappa shape index (κ3) is 8.29. The number of nitro benzene ring substituents is 2. The van der Waals surface area contributed by atoms with Crippen LogP contribution in [0.25, 0.3) is 0 Å². The van der Waals surface area contributed by atoms with E-state index >= 15 is 0 Å². The van der Waals surface area contributed by atoms with E-state index < -0.39 is 10.7 Å². The Morgan fingerprint density at radius 3 is 1.55 bits per heavy atom. The number of anilines is 1. The standard InChI is InChI=1S/C12H18N2O3.C8H8FNO2.2CH4/c1-4-10(7-15)13-11-5-8(2)12(14(16)17)9(3)6-11;1-5-3-7(9)4-6(2)8(5)10(11)12;;/h5-6,10,13,15H,4,7H2,1-3H3;3-4H,1-2H3;2*1H4/t10-;;;/m0.../s1. The quantitative estimate of drug-likeness (QED) is 0.420. The summed E-state index contributed by atoms with van der Waals surface area (Å²) in [5.41, 5.74) is 2.95. The van der Waals surface area contributed by atoms with Gasteiger partial charge in [-0.2, -0.15) is 0 Å². The summed E-state index contributed by atoms with van der Waals surface area (Å²) in [7, 11) is 0. The molecule has 2 rings (SSSR count). The van der Waals surface area contributed by atoms with Gasteiger partial charge in [-0.1, -0.05) is 21.8 Å². The van der Waals surface area contributed by atoms with E-state index in [2.05, 4.69) is 5.32 Å². The molecule has 0 saturated carbocycles. The molecule has 2 aromatic rings. The van der Waals surface area contributed by atoms with E-state index in [0.717, 1.165) is 24.2 Å². The summed E-state index contributed by atoms with van der Waals surface area (Å²) >= 11 is 0. The van der Waals surface area contributed by atoms with Crippen molar-refractivity contribution >= 4 is 17.1 Å². The van der Waals surface area contributed by atoms with Crippen LogP contribution in [0.2, 0.25) is 0 Å². The van der Waals surface area contributed by atoms with E-state index in [1.54, 1.807) is 26.0 Å². The Hall–Kier alpha value is -3.07. The molecule has 0 bridgehead atoms. The highest BCUT2D eigenvalue weighted by Gasteiger charge is 2.16. The lowest BCUT2D eigenvalue weighted by molar-refractivity contribution is -0.386. The van der Waals surface area contributed by atoms with Crippen LogP contribution < -0.4 is 5.32 Å². The molecule has 0 aromatic heterocycles. The largest absolute Gasteiger partial charge is 0.394 e. The predicted octanol–water partition coefficient (Wildman–Crippen LogP) is 6.02. The average molecular weight is 440 g/mol. The molecule has 8 nitrogen and oxygen atoms in total. The fourth-order valence-corrected chi connectivity index (χ4v) is 3.03. The number of hydrogen-bond acceptors (Lipinski definition) is 6. The molecule has 2 N–H and O–H groups in total. The van der Waals surface area contributed by atoms with E-state index in [-0.39, 0.29) is 43.8 Å². The van der Waals surface area contributed by atoms with Crippen LogP contribution in [0.3, 0.4) is 0 Å². The monoisotopic (exact) mass is 439 g/mol. The molecule has 0 amide bonds. The van der Waals surface area contributed by atoms with Crippen molar-refractivity contribution < 1.29 is 19.3 Å². The van der Waals surface area contributed by atoms with Crippen LogP contribution in [0.1, 0.15) is 50.5 Å². The van der Waals surface area contributed by atoms with Crippen molar-refractivity contribution in [2.45, 2.75) is 61.9 Å². The second-order valence-corrected chi connectivity index (χ2v) is 6.79. The smallest absolute Gasteiger partial charge is 0.275 e. The van der Waals surface area contributed by atoms with E-state index in [0.29, 0.717) is 22.3 Å². The van der Waals surface area contributed by atoms with Gasteiger partial charge in [-0.25, -0.2) is 4.39 Å². The number of nitrogens with one attached hydrogen (secondary N) is 1. The average Bonchev–Trinajstić information content (AvgIpc) is 2.58. The van der Waals surface area contributed by atoms with Gasteiger partial charge in [0.25, 0.3) is 11.4 Å². The van der Waals surface area contributed by atoms with Crippen LogP contribution in [0, 0.1) is 53.7 Å². The number of nitrogens with zero attached hydrogens (tertiary/aromatic N) is 2. The molecule has 0 spiro atoms. The van der Waals surface area contributed by atoms with Gasteiger partial charge in [0.15, 0.2) is 0 Å². The van der Waals surface area contributed by atoms with Crippen molar-refractivity contribution in [2.75, 3.05) is 11.9 Å². The molecule has 0 unspecified atom stereocenters. The predicted molar refractivity (Wildman–Crippen MR) is 123 cm³/mol. The molecule has 0 saturated heterocycles. The van der Waals surface area contributed by atoms with Crippen molar-refractivity contribution in [2.24, 2.45) is 0 Å². The Morgan fingerprint density at radius 2 is 1.26 bits per heavy atom. The minimum absolute atomic E-state index is 0. The Kier molecular flexibility index (Phi) is 12.9. The summed E-state index contributed by atoms with van der Waals surface area (Å²) in [5.74, 6) is -0.435. The van der Waals surface area contributed by atoms with Crippen LogP contribution >= 0.6 is 0 Å². The maximum absolute atomic E-state index is 12.6. The summed E-state index contributed by atoms with van der Waals surface area (Å²) in [4.78, 5) is 20.4. The summed E-state index contributed by atoms with van der Waals surface area (Å²) in [5, 5.41) is 33.5. The fraction of sp³-hybridized carbons (Fsp3) is 0.455. The molecule has 1 atom stereocenters. The van der Waals surface area contributed by atoms with E-state index in [1.807, 2.05) is 6.92 Å². The SMILES string of the molecule is C.C.CC[C@@H](CO)Nc1cc(C)c([N+](=O)[O-])c(C)c1.Cc1cc(F)cc(C)c1[N+](=O)[O-]. The number of rotatable bonds is 6. The number of aryl methyl sites for hydroxylation is 4. The minimum Gasteiger partial charge on any atom is -0.394 e. The molecule has 0 aliphatic rings. The lowest BCUT2D eigenvalue weighted by atomic mass is 10.1. The van der Waals surface area contributed by atoms with E-state index in [1.165, 1.54) is 13.8 Å². The van der Waals surface area contributed by atoms with Gasteiger partial charge in [0.2, 0.25) is 0 Å². The Labute approximate surface area is 183 Å². The maximum Gasteiger partial charge on any atom is 0.275 e.